The van der Waals surface area contributed by atoms with E-state index >= 15 is 0 Å². The van der Waals surface area contributed by atoms with Gasteiger partial charge in [-0.05, 0) is 30.3 Å². The number of carbonyl (C=O) groups is 2. The monoisotopic (exact) mass is 434 g/mol. The van der Waals surface area contributed by atoms with E-state index < -0.39 is 24.3 Å². The Kier molecular flexibility index (Phi) is 6.52. The molecule has 3 rings (SSSR count). The van der Waals surface area contributed by atoms with Gasteiger partial charge in [-0.1, -0.05) is 23.7 Å². The highest BCUT2D eigenvalue weighted by Crippen LogP contribution is 2.36. The average Bonchev–Trinajstić information content (AvgIpc) is 3.01. The third-order valence-corrected chi connectivity index (χ3v) is 6.14. The van der Waals surface area contributed by atoms with Gasteiger partial charge in [0.05, 0.1) is 22.5 Å². The minimum Gasteiger partial charge on any atom is -0.451 e. The maximum Gasteiger partial charge on any atom is 0.350 e. The van der Waals surface area contributed by atoms with Crippen LogP contribution in [0.2, 0.25) is 5.02 Å². The summed E-state index contributed by atoms with van der Waals surface area (Å²) in [5, 5.41) is 12.1. The molecule has 0 fully saturated rings. The standard InChI is InChI=1S/C19H12ClFN2O3S2/c20-17-12-6-5-11(21)9-15(12)28-18(17)19(25)26-10-16(24)23-13-3-1-2-4-14(13)27-8-7-22/h1-6,9H,8,10H2,(H,23,24). The molecule has 0 aliphatic carbocycles. The number of esters is 1. The summed E-state index contributed by atoms with van der Waals surface area (Å²) in [6, 6.07) is 13.1. The fourth-order valence-electron chi connectivity index (χ4n) is 2.36. The fraction of sp³-hybridized carbons (Fsp3) is 0.105. The van der Waals surface area contributed by atoms with E-state index in [1.165, 1.54) is 30.0 Å². The number of hydrogen-bond donors (Lipinski definition) is 1. The lowest BCUT2D eigenvalue weighted by molar-refractivity contribution is -0.119. The summed E-state index contributed by atoms with van der Waals surface area (Å²) in [5.41, 5.74) is 0.527. The third kappa shape index (κ3) is 4.62. The Labute approximate surface area is 173 Å². The molecule has 0 saturated heterocycles. The molecule has 0 aliphatic heterocycles. The number of nitrogens with one attached hydrogen (secondary N) is 1. The van der Waals surface area contributed by atoms with Crippen LogP contribution in [0.3, 0.4) is 0 Å². The fourth-order valence-corrected chi connectivity index (χ4v) is 4.46. The number of carbonyl (C=O) groups excluding carboxylic acids is 2. The second kappa shape index (κ2) is 9.06. The van der Waals surface area contributed by atoms with Gasteiger partial charge in [0.2, 0.25) is 0 Å². The van der Waals surface area contributed by atoms with E-state index in [0.717, 1.165) is 16.2 Å². The second-order valence-electron chi connectivity index (χ2n) is 5.45. The Morgan fingerprint density at radius 3 is 2.86 bits per heavy atom. The van der Waals surface area contributed by atoms with Gasteiger partial charge in [-0.15, -0.1) is 23.1 Å². The number of amides is 1. The van der Waals surface area contributed by atoms with Crippen molar-refractivity contribution in [3.05, 3.63) is 58.2 Å². The topological polar surface area (TPSA) is 79.2 Å². The summed E-state index contributed by atoms with van der Waals surface area (Å²) in [6.45, 7) is -0.505. The molecule has 28 heavy (non-hydrogen) atoms. The molecule has 9 heteroatoms. The van der Waals surface area contributed by atoms with E-state index in [0.29, 0.717) is 15.8 Å². The number of para-hydroxylation sites is 1. The molecule has 0 unspecified atom stereocenters. The van der Waals surface area contributed by atoms with Gasteiger partial charge < -0.3 is 10.1 Å². The smallest absolute Gasteiger partial charge is 0.350 e. The molecule has 1 heterocycles. The molecule has 0 spiro atoms. The summed E-state index contributed by atoms with van der Waals surface area (Å²) in [4.78, 5) is 25.3. The highest BCUT2D eigenvalue weighted by molar-refractivity contribution is 7.99. The van der Waals surface area contributed by atoms with Crippen LogP contribution in [-0.2, 0) is 9.53 Å². The number of nitrogens with zero attached hydrogens (tertiary/aromatic N) is 1. The molecule has 142 valence electrons. The molecule has 0 atom stereocenters. The Bertz CT molecular complexity index is 1090. The first-order valence-corrected chi connectivity index (χ1v) is 10.1. The van der Waals surface area contributed by atoms with Crippen LogP contribution in [0.4, 0.5) is 10.1 Å². The number of hydrogen-bond acceptors (Lipinski definition) is 6. The van der Waals surface area contributed by atoms with Crippen LogP contribution in [0.1, 0.15) is 9.67 Å². The van der Waals surface area contributed by atoms with Crippen molar-refractivity contribution < 1.29 is 18.7 Å². The predicted octanol–water partition coefficient (Wildman–Crippen LogP) is 5.10. The number of anilines is 1. The van der Waals surface area contributed by atoms with Crippen molar-refractivity contribution in [3.63, 3.8) is 0 Å². The number of thioether (sulfide) groups is 1. The molecule has 0 bridgehead atoms. The number of ether oxygens (including phenoxy) is 1. The van der Waals surface area contributed by atoms with Gasteiger partial charge in [0.15, 0.2) is 6.61 Å². The molecule has 0 radical (unpaired) electrons. The van der Waals surface area contributed by atoms with Gasteiger partial charge in [-0.2, -0.15) is 5.26 Å². The molecule has 1 amide bonds. The van der Waals surface area contributed by atoms with Crippen LogP contribution in [0.5, 0.6) is 0 Å². The molecule has 1 aromatic heterocycles. The minimum absolute atomic E-state index is 0.111. The quantitative estimate of drug-likeness (QED) is 0.431. The molecule has 0 aliphatic rings. The van der Waals surface area contributed by atoms with Crippen molar-refractivity contribution in [2.75, 3.05) is 17.7 Å². The lowest BCUT2D eigenvalue weighted by Gasteiger charge is -2.09. The van der Waals surface area contributed by atoms with Crippen molar-refractivity contribution >= 4 is 62.3 Å². The van der Waals surface area contributed by atoms with Crippen LogP contribution < -0.4 is 5.32 Å². The molecular formula is C19H12ClFN2O3S2. The lowest BCUT2D eigenvalue weighted by atomic mass is 10.2. The first-order valence-electron chi connectivity index (χ1n) is 7.93. The maximum absolute atomic E-state index is 13.3. The normalized spacial score (nSPS) is 10.5. The zero-order chi connectivity index (χ0) is 20.1. The van der Waals surface area contributed by atoms with Crippen molar-refractivity contribution in [2.24, 2.45) is 0 Å². The average molecular weight is 435 g/mol. The summed E-state index contributed by atoms with van der Waals surface area (Å²) in [7, 11) is 0. The molecular weight excluding hydrogens is 423 g/mol. The first-order chi connectivity index (χ1) is 13.5. The Hall–Kier alpha value is -2.60. The van der Waals surface area contributed by atoms with Crippen LogP contribution in [0.15, 0.2) is 47.4 Å². The maximum atomic E-state index is 13.3. The number of nitriles is 1. The van der Waals surface area contributed by atoms with E-state index in [9.17, 15) is 14.0 Å². The summed E-state index contributed by atoms with van der Waals surface area (Å²) in [6.07, 6.45) is 0. The van der Waals surface area contributed by atoms with E-state index in [-0.39, 0.29) is 15.7 Å². The van der Waals surface area contributed by atoms with E-state index in [1.54, 1.807) is 24.3 Å². The molecule has 1 N–H and O–H groups in total. The van der Waals surface area contributed by atoms with Crippen LogP contribution in [-0.4, -0.2) is 24.2 Å². The van der Waals surface area contributed by atoms with Crippen molar-refractivity contribution in [2.45, 2.75) is 4.90 Å². The number of rotatable bonds is 6. The van der Waals surface area contributed by atoms with Gasteiger partial charge in [0, 0.05) is 15.0 Å². The molecule has 5 nitrogen and oxygen atoms in total. The van der Waals surface area contributed by atoms with Crippen molar-refractivity contribution in [3.8, 4) is 6.07 Å². The lowest BCUT2D eigenvalue weighted by Crippen LogP contribution is -2.21. The Balaban J connectivity index is 1.65. The summed E-state index contributed by atoms with van der Waals surface area (Å²) >= 11 is 8.46. The number of halogens is 2. The number of fused-ring (bicyclic) bond motifs is 1. The molecule has 0 saturated carbocycles. The first kappa shape index (κ1) is 20.1. The zero-order valence-electron chi connectivity index (χ0n) is 14.2. The van der Waals surface area contributed by atoms with Crippen molar-refractivity contribution in [1.29, 1.82) is 5.26 Å². The van der Waals surface area contributed by atoms with Crippen LogP contribution in [0, 0.1) is 17.1 Å². The second-order valence-corrected chi connectivity index (χ2v) is 7.90. The van der Waals surface area contributed by atoms with Gasteiger partial charge >= 0.3 is 5.97 Å². The van der Waals surface area contributed by atoms with Gasteiger partial charge in [-0.25, -0.2) is 9.18 Å². The number of thiophene rings is 1. The highest BCUT2D eigenvalue weighted by Gasteiger charge is 2.20. The minimum atomic E-state index is -0.756. The molecule has 2 aromatic carbocycles. The Morgan fingerprint density at radius 1 is 1.29 bits per heavy atom. The highest BCUT2D eigenvalue weighted by atomic mass is 35.5. The van der Waals surface area contributed by atoms with Crippen molar-refractivity contribution in [1.82, 2.24) is 0 Å². The third-order valence-electron chi connectivity index (χ3n) is 3.56. The number of benzene rings is 2. The van der Waals surface area contributed by atoms with E-state index in [4.69, 9.17) is 21.6 Å². The van der Waals surface area contributed by atoms with Gasteiger partial charge in [0.25, 0.3) is 5.91 Å². The van der Waals surface area contributed by atoms with E-state index in [2.05, 4.69) is 5.32 Å². The predicted molar refractivity (Wildman–Crippen MR) is 108 cm³/mol. The summed E-state index contributed by atoms with van der Waals surface area (Å²) < 4.78 is 18.9. The van der Waals surface area contributed by atoms with Gasteiger partial charge in [0.1, 0.15) is 10.7 Å². The van der Waals surface area contributed by atoms with Crippen LogP contribution >= 0.6 is 34.7 Å². The molecule has 3 aromatic rings. The zero-order valence-corrected chi connectivity index (χ0v) is 16.6. The van der Waals surface area contributed by atoms with E-state index in [1.807, 2.05) is 6.07 Å². The SMILES string of the molecule is N#CCSc1ccccc1NC(=O)COC(=O)c1sc2cc(F)ccc2c1Cl. The largest absolute Gasteiger partial charge is 0.451 e. The van der Waals surface area contributed by atoms with Crippen LogP contribution in [0.25, 0.3) is 10.1 Å². The Morgan fingerprint density at radius 2 is 2.07 bits per heavy atom. The summed E-state index contributed by atoms with van der Waals surface area (Å²) in [5.74, 6) is -1.47. The van der Waals surface area contributed by atoms with Gasteiger partial charge in [-0.3, -0.25) is 4.79 Å².